The summed E-state index contributed by atoms with van der Waals surface area (Å²) in [5.41, 5.74) is 0. The first-order chi connectivity index (χ1) is 6.74. The first kappa shape index (κ1) is 14.1. The molecule has 14 heavy (non-hydrogen) atoms. The summed E-state index contributed by atoms with van der Waals surface area (Å²) in [6.45, 7) is 4.85. The van der Waals surface area contributed by atoms with Crippen LogP contribution in [0.15, 0.2) is 0 Å². The zero-order valence-corrected chi connectivity index (χ0v) is 11.0. The van der Waals surface area contributed by atoms with Crippen molar-refractivity contribution in [2.75, 3.05) is 20.8 Å². The minimum absolute atomic E-state index is 0.668. The van der Waals surface area contributed by atoms with Crippen molar-refractivity contribution in [3.63, 3.8) is 0 Å². The van der Waals surface area contributed by atoms with E-state index in [0.717, 1.165) is 12.5 Å². The predicted molar refractivity (Wildman–Crippen MR) is 60.3 cm³/mol. The lowest BCUT2D eigenvalue weighted by Gasteiger charge is -2.25. The van der Waals surface area contributed by atoms with E-state index in [2.05, 4.69) is 6.92 Å². The fraction of sp³-hybridized carbons (Fsp3) is 1.00. The molecule has 3 nitrogen and oxygen atoms in total. The SMILES string of the molecule is CCCCCC[Si](OC)(OC)OCC. The Morgan fingerprint density at radius 2 is 1.57 bits per heavy atom. The Morgan fingerprint density at radius 1 is 0.929 bits per heavy atom. The largest absolute Gasteiger partial charge is 0.500 e. The molecule has 0 spiro atoms. The molecule has 0 saturated carbocycles. The maximum absolute atomic E-state index is 5.60. The van der Waals surface area contributed by atoms with E-state index in [9.17, 15) is 0 Å². The smallest absolute Gasteiger partial charge is 0.377 e. The molecule has 86 valence electrons. The third-order valence-electron chi connectivity index (χ3n) is 2.32. The van der Waals surface area contributed by atoms with E-state index < -0.39 is 8.80 Å². The second-order valence-corrected chi connectivity index (χ2v) is 6.31. The van der Waals surface area contributed by atoms with E-state index in [1.807, 2.05) is 6.92 Å². The second-order valence-electron chi connectivity index (χ2n) is 3.33. The third kappa shape index (κ3) is 5.10. The number of hydrogen-bond donors (Lipinski definition) is 0. The highest BCUT2D eigenvalue weighted by molar-refractivity contribution is 6.60. The van der Waals surface area contributed by atoms with E-state index in [-0.39, 0.29) is 0 Å². The van der Waals surface area contributed by atoms with Crippen LogP contribution in [-0.4, -0.2) is 29.6 Å². The predicted octanol–water partition coefficient (Wildman–Crippen LogP) is 2.83. The van der Waals surface area contributed by atoms with Crippen molar-refractivity contribution < 1.29 is 13.3 Å². The monoisotopic (exact) mass is 220 g/mol. The lowest BCUT2D eigenvalue weighted by atomic mass is 10.2. The van der Waals surface area contributed by atoms with E-state index in [4.69, 9.17) is 13.3 Å². The summed E-state index contributed by atoms with van der Waals surface area (Å²) >= 11 is 0. The summed E-state index contributed by atoms with van der Waals surface area (Å²) in [5, 5.41) is 0. The Labute approximate surface area is 89.1 Å². The maximum Gasteiger partial charge on any atom is 0.500 e. The molecule has 4 heteroatoms. The Bertz CT molecular complexity index is 127. The molecule has 0 rings (SSSR count). The van der Waals surface area contributed by atoms with Gasteiger partial charge in [0.2, 0.25) is 0 Å². The second kappa shape index (κ2) is 8.41. The third-order valence-corrected chi connectivity index (χ3v) is 5.26. The van der Waals surface area contributed by atoms with Gasteiger partial charge in [-0.25, -0.2) is 0 Å². The zero-order chi connectivity index (χ0) is 10.9. The van der Waals surface area contributed by atoms with Crippen LogP contribution < -0.4 is 0 Å². The topological polar surface area (TPSA) is 27.7 Å². The molecule has 0 aliphatic rings. The van der Waals surface area contributed by atoms with Crippen molar-refractivity contribution in [3.8, 4) is 0 Å². The minimum Gasteiger partial charge on any atom is -0.377 e. The molecule has 0 aromatic rings. The quantitative estimate of drug-likeness (QED) is 0.442. The van der Waals surface area contributed by atoms with Crippen LogP contribution in [0.1, 0.15) is 39.5 Å². The highest BCUT2D eigenvalue weighted by Gasteiger charge is 2.37. The molecular weight excluding hydrogens is 196 g/mol. The average molecular weight is 220 g/mol. The molecule has 0 aromatic carbocycles. The minimum atomic E-state index is -2.29. The molecule has 0 unspecified atom stereocenters. The fourth-order valence-electron chi connectivity index (χ4n) is 1.47. The molecule has 0 fully saturated rings. The van der Waals surface area contributed by atoms with Crippen LogP contribution >= 0.6 is 0 Å². The highest BCUT2D eigenvalue weighted by atomic mass is 28.4. The number of hydrogen-bond acceptors (Lipinski definition) is 3. The van der Waals surface area contributed by atoms with Gasteiger partial charge in [-0.1, -0.05) is 26.2 Å². The van der Waals surface area contributed by atoms with Crippen LogP contribution in [0.2, 0.25) is 6.04 Å². The molecule has 0 saturated heterocycles. The Balaban J connectivity index is 3.82. The molecular formula is C10H24O3Si. The summed E-state index contributed by atoms with van der Waals surface area (Å²) in [7, 11) is 1.08. The summed E-state index contributed by atoms with van der Waals surface area (Å²) in [4.78, 5) is 0. The molecule has 0 N–H and O–H groups in total. The van der Waals surface area contributed by atoms with Crippen LogP contribution in [0.3, 0.4) is 0 Å². The highest BCUT2D eigenvalue weighted by Crippen LogP contribution is 2.18. The van der Waals surface area contributed by atoms with Crippen molar-refractivity contribution in [1.82, 2.24) is 0 Å². The van der Waals surface area contributed by atoms with Gasteiger partial charge in [-0.15, -0.1) is 0 Å². The molecule has 0 radical (unpaired) electrons. The van der Waals surface area contributed by atoms with Gasteiger partial charge >= 0.3 is 8.80 Å². The molecule has 0 heterocycles. The van der Waals surface area contributed by atoms with Crippen molar-refractivity contribution in [2.24, 2.45) is 0 Å². The Kier molecular flexibility index (Phi) is 8.47. The molecule has 0 amide bonds. The van der Waals surface area contributed by atoms with Gasteiger partial charge in [0.25, 0.3) is 0 Å². The van der Waals surface area contributed by atoms with E-state index in [1.165, 1.54) is 19.3 Å². The average Bonchev–Trinajstić information content (AvgIpc) is 2.23. The summed E-state index contributed by atoms with van der Waals surface area (Å²) in [5.74, 6) is 0. The van der Waals surface area contributed by atoms with Gasteiger partial charge in [0.05, 0.1) is 0 Å². The number of unbranched alkanes of at least 4 members (excludes halogenated alkanes) is 3. The van der Waals surface area contributed by atoms with Crippen LogP contribution in [0, 0.1) is 0 Å². The van der Waals surface area contributed by atoms with Gasteiger partial charge in [-0.3, -0.25) is 0 Å². The normalized spacial score (nSPS) is 12.0. The van der Waals surface area contributed by atoms with Gasteiger partial charge in [0.15, 0.2) is 0 Å². The van der Waals surface area contributed by atoms with Crippen LogP contribution in [0.25, 0.3) is 0 Å². The first-order valence-corrected chi connectivity index (χ1v) is 7.42. The summed E-state index contributed by atoms with van der Waals surface area (Å²) < 4.78 is 16.4. The van der Waals surface area contributed by atoms with Crippen LogP contribution in [0.4, 0.5) is 0 Å². The van der Waals surface area contributed by atoms with E-state index in [0.29, 0.717) is 6.61 Å². The Morgan fingerprint density at radius 3 is 2.00 bits per heavy atom. The fourth-order valence-corrected chi connectivity index (χ4v) is 3.54. The Hall–Kier alpha value is 0.0969. The van der Waals surface area contributed by atoms with E-state index in [1.54, 1.807) is 14.2 Å². The van der Waals surface area contributed by atoms with E-state index >= 15 is 0 Å². The van der Waals surface area contributed by atoms with Crippen molar-refractivity contribution in [2.45, 2.75) is 45.6 Å². The van der Waals surface area contributed by atoms with Crippen LogP contribution in [0.5, 0.6) is 0 Å². The lowest BCUT2D eigenvalue weighted by molar-refractivity contribution is 0.103. The number of rotatable bonds is 9. The van der Waals surface area contributed by atoms with Crippen LogP contribution in [-0.2, 0) is 13.3 Å². The molecule has 0 aliphatic heterocycles. The molecule has 0 atom stereocenters. The standard InChI is InChI=1S/C10H24O3Si/c1-5-7-8-9-10-14(11-3,12-4)13-6-2/h5-10H2,1-4H3. The first-order valence-electron chi connectivity index (χ1n) is 5.49. The van der Waals surface area contributed by atoms with Crippen molar-refractivity contribution in [1.29, 1.82) is 0 Å². The van der Waals surface area contributed by atoms with Gasteiger partial charge in [0.1, 0.15) is 0 Å². The molecule has 0 aliphatic carbocycles. The molecule has 0 aromatic heterocycles. The molecule has 0 bridgehead atoms. The van der Waals surface area contributed by atoms with Gasteiger partial charge in [-0.05, 0) is 13.3 Å². The van der Waals surface area contributed by atoms with Crippen molar-refractivity contribution >= 4 is 8.80 Å². The summed E-state index contributed by atoms with van der Waals surface area (Å²) in [6, 6.07) is 0.938. The zero-order valence-electron chi connectivity index (χ0n) is 9.97. The van der Waals surface area contributed by atoms with Crippen molar-refractivity contribution in [3.05, 3.63) is 0 Å². The maximum atomic E-state index is 5.60. The lowest BCUT2D eigenvalue weighted by Crippen LogP contribution is -2.43. The summed E-state index contributed by atoms with van der Waals surface area (Å²) in [6.07, 6.45) is 4.92. The van der Waals surface area contributed by atoms with Gasteiger partial charge in [0, 0.05) is 26.9 Å². The van der Waals surface area contributed by atoms with Gasteiger partial charge in [-0.2, -0.15) is 0 Å². The van der Waals surface area contributed by atoms with Gasteiger partial charge < -0.3 is 13.3 Å².